The number of hydrazone groups is 1. The van der Waals surface area contributed by atoms with Crippen molar-refractivity contribution in [1.29, 1.82) is 0 Å². The smallest absolute Gasteiger partial charge is 0.203 e. The molecule has 0 saturated heterocycles. The van der Waals surface area contributed by atoms with E-state index in [9.17, 15) is 5.11 Å². The minimum Gasteiger partial charge on any atom is -0.506 e. The van der Waals surface area contributed by atoms with Gasteiger partial charge in [0.25, 0.3) is 0 Å². The monoisotopic (exact) mass is 267 g/mol. The minimum absolute atomic E-state index is 0.0623. The third-order valence-corrected chi connectivity index (χ3v) is 3.13. The fraction of sp³-hybridized carbons (Fsp3) is 0.0909. The van der Waals surface area contributed by atoms with Gasteiger partial charge in [-0.1, -0.05) is 11.6 Å². The van der Waals surface area contributed by atoms with Crippen molar-refractivity contribution in [2.75, 3.05) is 5.43 Å². The van der Waals surface area contributed by atoms with Gasteiger partial charge in [0.15, 0.2) is 0 Å². The summed E-state index contributed by atoms with van der Waals surface area (Å²) in [6.45, 7) is 1.92. The zero-order chi connectivity index (χ0) is 12.3. The lowest BCUT2D eigenvalue weighted by Crippen LogP contribution is -1.90. The van der Waals surface area contributed by atoms with Gasteiger partial charge in [0, 0.05) is 5.38 Å². The van der Waals surface area contributed by atoms with Crippen LogP contribution in [0.2, 0.25) is 5.02 Å². The predicted octanol–water partition coefficient (Wildman–Crippen LogP) is 3.26. The summed E-state index contributed by atoms with van der Waals surface area (Å²) in [6.07, 6.45) is 1.61. The normalized spacial score (nSPS) is 10.9. The standard InChI is InChI=1S/C11H10ClN3OS/c1-7-6-17-11(14-7)15-13-5-8-2-3-10(16)9(12)4-8/h2-6,16H,1H3,(H,14,15). The van der Waals surface area contributed by atoms with E-state index in [-0.39, 0.29) is 5.75 Å². The van der Waals surface area contributed by atoms with Crippen molar-refractivity contribution < 1.29 is 5.11 Å². The van der Waals surface area contributed by atoms with E-state index in [0.29, 0.717) is 5.02 Å². The van der Waals surface area contributed by atoms with Crippen LogP contribution < -0.4 is 5.43 Å². The second kappa shape index (κ2) is 5.16. The van der Waals surface area contributed by atoms with E-state index in [1.807, 2.05) is 12.3 Å². The van der Waals surface area contributed by atoms with Crippen LogP contribution in [-0.4, -0.2) is 16.3 Å². The predicted molar refractivity (Wildman–Crippen MR) is 71.2 cm³/mol. The van der Waals surface area contributed by atoms with Gasteiger partial charge in [0.05, 0.1) is 16.9 Å². The molecule has 88 valence electrons. The highest BCUT2D eigenvalue weighted by molar-refractivity contribution is 7.13. The fourth-order valence-electron chi connectivity index (χ4n) is 1.17. The van der Waals surface area contributed by atoms with Crippen LogP contribution in [0, 0.1) is 6.92 Å². The Morgan fingerprint density at radius 2 is 2.35 bits per heavy atom. The number of nitrogens with zero attached hydrogens (tertiary/aromatic N) is 2. The van der Waals surface area contributed by atoms with Gasteiger partial charge in [-0.25, -0.2) is 4.98 Å². The molecule has 1 heterocycles. The maximum absolute atomic E-state index is 9.25. The molecule has 4 nitrogen and oxygen atoms in total. The number of hydrogen-bond donors (Lipinski definition) is 2. The van der Waals surface area contributed by atoms with Gasteiger partial charge in [0.1, 0.15) is 5.75 Å². The highest BCUT2D eigenvalue weighted by atomic mass is 35.5. The van der Waals surface area contributed by atoms with Crippen molar-refractivity contribution in [2.24, 2.45) is 5.10 Å². The summed E-state index contributed by atoms with van der Waals surface area (Å²) < 4.78 is 0. The Hall–Kier alpha value is -1.59. The van der Waals surface area contributed by atoms with Crippen LogP contribution in [0.3, 0.4) is 0 Å². The van der Waals surface area contributed by atoms with Gasteiger partial charge in [0.2, 0.25) is 5.13 Å². The van der Waals surface area contributed by atoms with E-state index in [2.05, 4.69) is 15.5 Å². The molecule has 17 heavy (non-hydrogen) atoms. The number of halogens is 1. The lowest BCUT2D eigenvalue weighted by molar-refractivity contribution is 0.475. The topological polar surface area (TPSA) is 57.5 Å². The van der Waals surface area contributed by atoms with Crippen molar-refractivity contribution in [1.82, 2.24) is 4.98 Å². The maximum Gasteiger partial charge on any atom is 0.203 e. The van der Waals surface area contributed by atoms with E-state index in [0.717, 1.165) is 16.4 Å². The van der Waals surface area contributed by atoms with Gasteiger partial charge < -0.3 is 5.11 Å². The second-order valence-electron chi connectivity index (χ2n) is 3.37. The third-order valence-electron chi connectivity index (χ3n) is 1.96. The second-order valence-corrected chi connectivity index (χ2v) is 4.64. The van der Waals surface area contributed by atoms with Gasteiger partial charge in [-0.05, 0) is 30.7 Å². The average molecular weight is 268 g/mol. The molecule has 0 aliphatic carbocycles. The molecule has 0 fully saturated rings. The van der Waals surface area contributed by atoms with Crippen LogP contribution in [0.25, 0.3) is 0 Å². The molecule has 2 aromatic rings. The lowest BCUT2D eigenvalue weighted by Gasteiger charge is -1.97. The van der Waals surface area contributed by atoms with Crippen LogP contribution in [0.5, 0.6) is 5.75 Å². The number of nitrogens with one attached hydrogen (secondary N) is 1. The van der Waals surface area contributed by atoms with Gasteiger partial charge in [-0.2, -0.15) is 5.10 Å². The Morgan fingerprint density at radius 3 is 3.00 bits per heavy atom. The largest absolute Gasteiger partial charge is 0.506 e. The molecule has 0 bridgehead atoms. The molecule has 0 radical (unpaired) electrons. The Labute approximate surface area is 108 Å². The summed E-state index contributed by atoms with van der Waals surface area (Å²) in [5.41, 5.74) is 4.58. The van der Waals surface area contributed by atoms with Crippen molar-refractivity contribution >= 4 is 34.3 Å². The molecule has 0 amide bonds. The number of phenols is 1. The number of aryl methyl sites for hydroxylation is 1. The summed E-state index contributed by atoms with van der Waals surface area (Å²) in [5, 5.41) is 16.3. The zero-order valence-corrected chi connectivity index (χ0v) is 10.6. The van der Waals surface area contributed by atoms with Gasteiger partial charge >= 0.3 is 0 Å². The summed E-state index contributed by atoms with van der Waals surface area (Å²) in [6, 6.07) is 4.88. The van der Waals surface area contributed by atoms with Gasteiger partial charge in [-0.3, -0.25) is 5.43 Å². The van der Waals surface area contributed by atoms with Crippen LogP contribution in [0.15, 0.2) is 28.7 Å². The number of rotatable bonds is 3. The number of aromatic nitrogens is 1. The van der Waals surface area contributed by atoms with Crippen LogP contribution in [-0.2, 0) is 0 Å². The average Bonchev–Trinajstić information content (AvgIpc) is 2.70. The Kier molecular flexibility index (Phi) is 3.61. The molecular weight excluding hydrogens is 258 g/mol. The molecule has 1 aromatic heterocycles. The quantitative estimate of drug-likeness (QED) is 0.663. The Balaban J connectivity index is 2.03. The molecule has 0 aliphatic heterocycles. The molecular formula is C11H10ClN3OS. The van der Waals surface area contributed by atoms with E-state index in [1.54, 1.807) is 18.3 Å². The molecule has 2 rings (SSSR count). The van der Waals surface area contributed by atoms with E-state index >= 15 is 0 Å². The number of thiazole rings is 1. The van der Waals surface area contributed by atoms with E-state index < -0.39 is 0 Å². The SMILES string of the molecule is Cc1csc(NN=Cc2ccc(O)c(Cl)c2)n1. The summed E-state index contributed by atoms with van der Waals surface area (Å²) in [5.74, 6) is 0.0623. The Bertz CT molecular complexity index is 553. The summed E-state index contributed by atoms with van der Waals surface area (Å²) in [4.78, 5) is 4.20. The zero-order valence-electron chi connectivity index (χ0n) is 9.01. The molecule has 0 aliphatic rings. The molecule has 0 atom stereocenters. The number of phenolic OH excluding ortho intramolecular Hbond substituents is 1. The molecule has 0 spiro atoms. The first-order valence-electron chi connectivity index (χ1n) is 4.85. The Morgan fingerprint density at radius 1 is 1.53 bits per heavy atom. The first-order chi connectivity index (χ1) is 8.15. The number of anilines is 1. The van der Waals surface area contributed by atoms with Crippen molar-refractivity contribution in [3.63, 3.8) is 0 Å². The number of aromatic hydroxyl groups is 1. The van der Waals surface area contributed by atoms with Crippen LogP contribution >= 0.6 is 22.9 Å². The maximum atomic E-state index is 9.25. The molecule has 6 heteroatoms. The molecule has 1 aromatic carbocycles. The van der Waals surface area contributed by atoms with Crippen LogP contribution in [0.4, 0.5) is 5.13 Å². The number of hydrogen-bond acceptors (Lipinski definition) is 5. The lowest BCUT2D eigenvalue weighted by atomic mass is 10.2. The number of benzene rings is 1. The van der Waals surface area contributed by atoms with Crippen LogP contribution in [0.1, 0.15) is 11.3 Å². The first kappa shape index (κ1) is 11.9. The molecule has 0 unspecified atom stereocenters. The van der Waals surface area contributed by atoms with E-state index in [4.69, 9.17) is 11.6 Å². The van der Waals surface area contributed by atoms with Crippen molar-refractivity contribution in [3.8, 4) is 5.75 Å². The fourth-order valence-corrected chi connectivity index (χ4v) is 2.00. The van der Waals surface area contributed by atoms with Crippen molar-refractivity contribution in [2.45, 2.75) is 6.92 Å². The molecule has 2 N–H and O–H groups in total. The molecule has 0 saturated carbocycles. The highest BCUT2D eigenvalue weighted by Gasteiger charge is 1.98. The third kappa shape index (κ3) is 3.18. The summed E-state index contributed by atoms with van der Waals surface area (Å²) in [7, 11) is 0. The van der Waals surface area contributed by atoms with Gasteiger partial charge in [-0.15, -0.1) is 11.3 Å². The van der Waals surface area contributed by atoms with Crippen molar-refractivity contribution in [3.05, 3.63) is 39.9 Å². The first-order valence-corrected chi connectivity index (χ1v) is 6.10. The van der Waals surface area contributed by atoms with E-state index in [1.165, 1.54) is 17.4 Å². The highest BCUT2D eigenvalue weighted by Crippen LogP contribution is 2.22. The minimum atomic E-state index is 0.0623. The summed E-state index contributed by atoms with van der Waals surface area (Å²) >= 11 is 7.26.